The third-order valence-electron chi connectivity index (χ3n) is 3.79. The average molecular weight is 292 g/mol. The van der Waals surface area contributed by atoms with Gasteiger partial charge < -0.3 is 19.7 Å². The molecule has 1 N–H and O–H groups in total. The number of likely N-dealkylation sites (tertiary alicyclic amines) is 1. The van der Waals surface area contributed by atoms with E-state index in [1.807, 2.05) is 25.1 Å². The molecule has 5 nitrogen and oxygen atoms in total. The summed E-state index contributed by atoms with van der Waals surface area (Å²) in [6.45, 7) is 4.56. The number of nitrogens with one attached hydrogen (secondary N) is 1. The molecule has 1 amide bonds. The fraction of sp³-hybridized carbons (Fsp3) is 0.562. The molecule has 2 rings (SSSR count). The molecular formula is C16H24N2O3. The van der Waals surface area contributed by atoms with Gasteiger partial charge in [0, 0.05) is 31.2 Å². The van der Waals surface area contributed by atoms with Crippen molar-refractivity contribution in [2.24, 2.45) is 0 Å². The highest BCUT2D eigenvalue weighted by Gasteiger charge is 2.23. The largest absolute Gasteiger partial charge is 0.496 e. The lowest BCUT2D eigenvalue weighted by Crippen LogP contribution is -2.44. The van der Waals surface area contributed by atoms with Crippen LogP contribution in [0, 0.1) is 0 Å². The second-order valence-corrected chi connectivity index (χ2v) is 5.15. The van der Waals surface area contributed by atoms with E-state index in [2.05, 4.69) is 11.4 Å². The maximum atomic E-state index is 11.6. The van der Waals surface area contributed by atoms with E-state index in [-0.39, 0.29) is 6.09 Å². The van der Waals surface area contributed by atoms with Crippen molar-refractivity contribution in [3.05, 3.63) is 29.8 Å². The van der Waals surface area contributed by atoms with Gasteiger partial charge in [-0.15, -0.1) is 0 Å². The van der Waals surface area contributed by atoms with Gasteiger partial charge in [-0.25, -0.2) is 4.79 Å². The Kier molecular flexibility index (Phi) is 5.87. The van der Waals surface area contributed by atoms with Crippen LogP contribution >= 0.6 is 0 Å². The molecule has 1 saturated heterocycles. The number of benzene rings is 1. The topological polar surface area (TPSA) is 50.8 Å². The van der Waals surface area contributed by atoms with E-state index in [0.29, 0.717) is 12.6 Å². The van der Waals surface area contributed by atoms with Gasteiger partial charge in [-0.2, -0.15) is 0 Å². The van der Waals surface area contributed by atoms with E-state index in [4.69, 9.17) is 9.47 Å². The predicted octanol–water partition coefficient (Wildman–Crippen LogP) is 2.41. The number of amides is 1. The van der Waals surface area contributed by atoms with Crippen LogP contribution in [0.4, 0.5) is 4.79 Å². The summed E-state index contributed by atoms with van der Waals surface area (Å²) < 4.78 is 10.4. The summed E-state index contributed by atoms with van der Waals surface area (Å²) in [5.74, 6) is 0.911. The molecule has 0 atom stereocenters. The molecule has 1 aromatic rings. The lowest BCUT2D eigenvalue weighted by molar-refractivity contribution is 0.0950. The first-order valence-corrected chi connectivity index (χ1v) is 7.51. The summed E-state index contributed by atoms with van der Waals surface area (Å²) in [4.78, 5) is 13.4. The van der Waals surface area contributed by atoms with Crippen LogP contribution < -0.4 is 10.1 Å². The highest BCUT2D eigenvalue weighted by molar-refractivity contribution is 5.67. The molecule has 0 aromatic heterocycles. The number of rotatable bonds is 5. The number of hydrogen-bond acceptors (Lipinski definition) is 4. The maximum absolute atomic E-state index is 11.6. The van der Waals surface area contributed by atoms with Crippen molar-refractivity contribution in [2.75, 3.05) is 26.8 Å². The van der Waals surface area contributed by atoms with Crippen LogP contribution in [0.3, 0.4) is 0 Å². The number of methoxy groups -OCH3 is 1. The van der Waals surface area contributed by atoms with E-state index in [1.54, 1.807) is 12.0 Å². The molecule has 21 heavy (non-hydrogen) atoms. The number of para-hydroxylation sites is 1. The lowest BCUT2D eigenvalue weighted by Gasteiger charge is -2.31. The van der Waals surface area contributed by atoms with Crippen LogP contribution in [0.2, 0.25) is 0 Å². The van der Waals surface area contributed by atoms with Gasteiger partial charge in [0.15, 0.2) is 0 Å². The van der Waals surface area contributed by atoms with E-state index < -0.39 is 0 Å². The Bertz CT molecular complexity index is 457. The molecule has 1 heterocycles. The van der Waals surface area contributed by atoms with Gasteiger partial charge in [-0.1, -0.05) is 18.2 Å². The van der Waals surface area contributed by atoms with Crippen molar-refractivity contribution in [3.63, 3.8) is 0 Å². The van der Waals surface area contributed by atoms with Gasteiger partial charge in [-0.05, 0) is 25.8 Å². The van der Waals surface area contributed by atoms with Crippen LogP contribution in [0.15, 0.2) is 24.3 Å². The molecule has 1 fully saturated rings. The SMILES string of the molecule is CCOC(=O)N1CCC(NCc2ccccc2OC)CC1. The smallest absolute Gasteiger partial charge is 0.409 e. The minimum absolute atomic E-state index is 0.194. The zero-order valence-electron chi connectivity index (χ0n) is 12.8. The van der Waals surface area contributed by atoms with Gasteiger partial charge in [0.2, 0.25) is 0 Å². The van der Waals surface area contributed by atoms with E-state index in [0.717, 1.165) is 43.8 Å². The number of carbonyl (C=O) groups is 1. The number of hydrogen-bond donors (Lipinski definition) is 1. The zero-order chi connectivity index (χ0) is 15.1. The molecule has 5 heteroatoms. The molecule has 0 unspecified atom stereocenters. The first-order valence-electron chi connectivity index (χ1n) is 7.51. The molecule has 1 aliphatic heterocycles. The molecular weight excluding hydrogens is 268 g/mol. The van der Waals surface area contributed by atoms with Crippen LogP contribution in [0.25, 0.3) is 0 Å². The summed E-state index contributed by atoms with van der Waals surface area (Å²) in [6.07, 6.45) is 1.71. The molecule has 0 spiro atoms. The standard InChI is InChI=1S/C16H24N2O3/c1-3-21-16(19)18-10-8-14(9-11-18)17-12-13-6-4-5-7-15(13)20-2/h4-7,14,17H,3,8-12H2,1-2H3. The zero-order valence-corrected chi connectivity index (χ0v) is 12.8. The normalized spacial score (nSPS) is 15.8. The lowest BCUT2D eigenvalue weighted by atomic mass is 10.0. The van der Waals surface area contributed by atoms with Crippen LogP contribution in [-0.4, -0.2) is 43.8 Å². The highest BCUT2D eigenvalue weighted by Crippen LogP contribution is 2.18. The van der Waals surface area contributed by atoms with Gasteiger partial charge in [0.25, 0.3) is 0 Å². The monoisotopic (exact) mass is 292 g/mol. The third kappa shape index (κ3) is 4.36. The predicted molar refractivity (Wildman–Crippen MR) is 81.5 cm³/mol. The first-order chi connectivity index (χ1) is 10.2. The van der Waals surface area contributed by atoms with Crippen molar-refractivity contribution < 1.29 is 14.3 Å². The summed E-state index contributed by atoms with van der Waals surface area (Å²) in [6, 6.07) is 8.46. The van der Waals surface area contributed by atoms with Gasteiger partial charge in [0.05, 0.1) is 13.7 Å². The van der Waals surface area contributed by atoms with Crippen molar-refractivity contribution in [1.82, 2.24) is 10.2 Å². The second-order valence-electron chi connectivity index (χ2n) is 5.15. The number of nitrogens with zero attached hydrogens (tertiary/aromatic N) is 1. The number of piperidine rings is 1. The third-order valence-corrected chi connectivity index (χ3v) is 3.79. The van der Waals surface area contributed by atoms with Crippen LogP contribution in [0.1, 0.15) is 25.3 Å². The summed E-state index contributed by atoms with van der Waals surface area (Å²) in [5, 5.41) is 3.55. The summed E-state index contributed by atoms with van der Waals surface area (Å²) in [7, 11) is 1.69. The van der Waals surface area contributed by atoms with E-state index in [9.17, 15) is 4.79 Å². The van der Waals surface area contributed by atoms with Gasteiger partial charge >= 0.3 is 6.09 Å². The van der Waals surface area contributed by atoms with Crippen molar-refractivity contribution in [3.8, 4) is 5.75 Å². The summed E-state index contributed by atoms with van der Waals surface area (Å²) >= 11 is 0. The summed E-state index contributed by atoms with van der Waals surface area (Å²) in [5.41, 5.74) is 1.16. The fourth-order valence-corrected chi connectivity index (χ4v) is 2.58. The van der Waals surface area contributed by atoms with Crippen LogP contribution in [0.5, 0.6) is 5.75 Å². The maximum Gasteiger partial charge on any atom is 0.409 e. The number of carbonyl (C=O) groups excluding carboxylic acids is 1. The van der Waals surface area contributed by atoms with E-state index in [1.165, 1.54) is 0 Å². The molecule has 0 saturated carbocycles. The molecule has 1 aromatic carbocycles. The Morgan fingerprint density at radius 2 is 2.05 bits per heavy atom. The van der Waals surface area contributed by atoms with Gasteiger partial charge in [-0.3, -0.25) is 0 Å². The molecule has 116 valence electrons. The molecule has 0 aliphatic carbocycles. The Labute approximate surface area is 126 Å². The Morgan fingerprint density at radius 1 is 1.33 bits per heavy atom. The Hall–Kier alpha value is -1.75. The Balaban J connectivity index is 1.77. The van der Waals surface area contributed by atoms with Crippen molar-refractivity contribution >= 4 is 6.09 Å². The minimum Gasteiger partial charge on any atom is -0.496 e. The van der Waals surface area contributed by atoms with Crippen LogP contribution in [-0.2, 0) is 11.3 Å². The van der Waals surface area contributed by atoms with Crippen molar-refractivity contribution in [1.29, 1.82) is 0 Å². The number of ether oxygens (including phenoxy) is 2. The average Bonchev–Trinajstić information content (AvgIpc) is 2.54. The van der Waals surface area contributed by atoms with E-state index >= 15 is 0 Å². The highest BCUT2D eigenvalue weighted by atomic mass is 16.6. The molecule has 1 aliphatic rings. The molecule has 0 radical (unpaired) electrons. The minimum atomic E-state index is -0.194. The van der Waals surface area contributed by atoms with Gasteiger partial charge in [0.1, 0.15) is 5.75 Å². The fourth-order valence-electron chi connectivity index (χ4n) is 2.58. The second kappa shape index (κ2) is 7.88. The van der Waals surface area contributed by atoms with Crippen molar-refractivity contribution in [2.45, 2.75) is 32.4 Å². The Morgan fingerprint density at radius 3 is 2.71 bits per heavy atom. The quantitative estimate of drug-likeness (QED) is 0.905. The molecule has 0 bridgehead atoms. The first kappa shape index (κ1) is 15.6.